The fourth-order valence-corrected chi connectivity index (χ4v) is 2.84. The van der Waals surface area contributed by atoms with Crippen LogP contribution in [0.4, 0.5) is 0 Å². The molecule has 1 rings (SSSR count). The second-order valence-corrected chi connectivity index (χ2v) is 6.46. The van der Waals surface area contributed by atoms with Crippen LogP contribution in [-0.2, 0) is 9.84 Å². The molecule has 0 saturated carbocycles. The molecule has 7 nitrogen and oxygen atoms in total. The van der Waals surface area contributed by atoms with E-state index in [4.69, 9.17) is 4.84 Å². The standard InChI is InChI=1S/C11H18N2O5S/c1-5-6-18-13-10(19(4,16)17)8(7(2)3)9(14)12-11(13)15/h7H,5-6H2,1-4H3,(H,12,14,15). The van der Waals surface area contributed by atoms with Crippen LogP contribution in [-0.4, -0.2) is 31.0 Å². The predicted octanol–water partition coefficient (Wildman–Crippen LogP) is -0.0979. The molecule has 1 aromatic rings. The van der Waals surface area contributed by atoms with Gasteiger partial charge >= 0.3 is 5.69 Å². The molecule has 0 radical (unpaired) electrons. The predicted molar refractivity (Wildman–Crippen MR) is 70.3 cm³/mol. The Morgan fingerprint density at radius 2 is 1.89 bits per heavy atom. The molecule has 0 aromatic carbocycles. The first kappa shape index (κ1) is 15.5. The maximum atomic E-state index is 11.9. The molecular weight excluding hydrogens is 272 g/mol. The SMILES string of the molecule is CCCOn1c(S(C)(=O)=O)c(C(C)C)c(=O)[nH]c1=O. The number of nitrogens with one attached hydrogen (secondary N) is 1. The van der Waals surface area contributed by atoms with Crippen molar-refractivity contribution in [2.24, 2.45) is 0 Å². The first-order valence-electron chi connectivity index (χ1n) is 5.92. The summed E-state index contributed by atoms with van der Waals surface area (Å²) in [5.41, 5.74) is -1.56. The molecule has 0 fully saturated rings. The Bertz CT molecular complexity index is 669. The van der Waals surface area contributed by atoms with E-state index in [0.717, 1.165) is 6.26 Å². The van der Waals surface area contributed by atoms with Gasteiger partial charge < -0.3 is 4.84 Å². The number of sulfone groups is 1. The second-order valence-electron chi connectivity index (χ2n) is 4.53. The van der Waals surface area contributed by atoms with E-state index < -0.39 is 21.1 Å². The van der Waals surface area contributed by atoms with Gasteiger partial charge in [0.15, 0.2) is 14.9 Å². The van der Waals surface area contributed by atoms with Crippen LogP contribution in [0.3, 0.4) is 0 Å². The average molecular weight is 290 g/mol. The van der Waals surface area contributed by atoms with Gasteiger partial charge in [0.2, 0.25) is 0 Å². The normalized spacial score (nSPS) is 11.8. The lowest BCUT2D eigenvalue weighted by Crippen LogP contribution is -2.40. The number of nitrogens with zero attached hydrogens (tertiary/aromatic N) is 1. The summed E-state index contributed by atoms with van der Waals surface area (Å²) in [6.45, 7) is 5.34. The summed E-state index contributed by atoms with van der Waals surface area (Å²) in [6.07, 6.45) is 1.55. The molecule has 0 aliphatic rings. The highest BCUT2D eigenvalue weighted by Crippen LogP contribution is 2.18. The van der Waals surface area contributed by atoms with Gasteiger partial charge in [-0.1, -0.05) is 20.8 Å². The Morgan fingerprint density at radius 1 is 1.32 bits per heavy atom. The molecule has 0 bridgehead atoms. The van der Waals surface area contributed by atoms with Crippen LogP contribution in [0.5, 0.6) is 0 Å². The van der Waals surface area contributed by atoms with Gasteiger partial charge in [-0.2, -0.15) is 0 Å². The number of aromatic amines is 1. The highest BCUT2D eigenvalue weighted by atomic mass is 32.2. The fourth-order valence-electron chi connectivity index (χ4n) is 1.67. The topological polar surface area (TPSA) is 98.2 Å². The third-order valence-electron chi connectivity index (χ3n) is 2.42. The van der Waals surface area contributed by atoms with Gasteiger partial charge in [0.1, 0.15) is 6.61 Å². The van der Waals surface area contributed by atoms with E-state index in [1.54, 1.807) is 13.8 Å². The van der Waals surface area contributed by atoms with Crippen LogP contribution >= 0.6 is 0 Å². The number of hydrogen-bond acceptors (Lipinski definition) is 5. The first-order valence-corrected chi connectivity index (χ1v) is 7.81. The van der Waals surface area contributed by atoms with Crippen LogP contribution < -0.4 is 16.1 Å². The van der Waals surface area contributed by atoms with Crippen molar-refractivity contribution in [1.29, 1.82) is 0 Å². The van der Waals surface area contributed by atoms with E-state index in [1.807, 2.05) is 6.92 Å². The lowest BCUT2D eigenvalue weighted by Gasteiger charge is -2.16. The van der Waals surface area contributed by atoms with Crippen molar-refractivity contribution in [2.45, 2.75) is 38.1 Å². The Morgan fingerprint density at radius 3 is 2.32 bits per heavy atom. The number of hydrogen-bond donors (Lipinski definition) is 1. The maximum Gasteiger partial charge on any atom is 0.362 e. The highest BCUT2D eigenvalue weighted by molar-refractivity contribution is 7.90. The molecule has 19 heavy (non-hydrogen) atoms. The van der Waals surface area contributed by atoms with Crippen LogP contribution in [0.25, 0.3) is 0 Å². The molecule has 0 atom stereocenters. The number of rotatable bonds is 5. The van der Waals surface area contributed by atoms with Crippen molar-refractivity contribution in [2.75, 3.05) is 12.9 Å². The van der Waals surface area contributed by atoms with Gasteiger partial charge in [-0.25, -0.2) is 13.2 Å². The van der Waals surface area contributed by atoms with E-state index in [0.29, 0.717) is 11.2 Å². The Balaban J connectivity index is 3.77. The molecule has 0 spiro atoms. The van der Waals surface area contributed by atoms with Crippen molar-refractivity contribution in [3.8, 4) is 0 Å². The third-order valence-corrected chi connectivity index (χ3v) is 3.51. The lowest BCUT2D eigenvalue weighted by molar-refractivity contribution is 0.0773. The first-order chi connectivity index (χ1) is 8.70. The van der Waals surface area contributed by atoms with Crippen LogP contribution in [0.2, 0.25) is 0 Å². The summed E-state index contributed by atoms with van der Waals surface area (Å²) in [6, 6.07) is 0. The van der Waals surface area contributed by atoms with Gasteiger partial charge in [-0.15, -0.1) is 4.73 Å². The quantitative estimate of drug-likeness (QED) is 0.764. The van der Waals surface area contributed by atoms with Gasteiger partial charge in [-0.05, 0) is 12.3 Å². The number of aromatic nitrogens is 2. The largest absolute Gasteiger partial charge is 0.408 e. The fraction of sp³-hybridized carbons (Fsp3) is 0.636. The summed E-state index contributed by atoms with van der Waals surface area (Å²) >= 11 is 0. The molecule has 108 valence electrons. The van der Waals surface area contributed by atoms with Gasteiger partial charge in [0.25, 0.3) is 5.56 Å². The van der Waals surface area contributed by atoms with Gasteiger partial charge in [0.05, 0.1) is 5.56 Å². The molecule has 0 unspecified atom stereocenters. The summed E-state index contributed by atoms with van der Waals surface area (Å²) in [5.74, 6) is -0.356. The minimum Gasteiger partial charge on any atom is -0.408 e. The molecular formula is C11H18N2O5S. The summed E-state index contributed by atoms with van der Waals surface area (Å²) in [4.78, 5) is 30.7. The monoisotopic (exact) mass is 290 g/mol. The van der Waals surface area contributed by atoms with Crippen molar-refractivity contribution in [3.05, 3.63) is 26.4 Å². The van der Waals surface area contributed by atoms with Crippen molar-refractivity contribution >= 4 is 9.84 Å². The smallest absolute Gasteiger partial charge is 0.362 e. The molecule has 1 heterocycles. The van der Waals surface area contributed by atoms with Crippen molar-refractivity contribution in [3.63, 3.8) is 0 Å². The molecule has 0 aliphatic heterocycles. The molecule has 0 aliphatic carbocycles. The zero-order valence-electron chi connectivity index (χ0n) is 11.4. The Labute approximate surface area is 111 Å². The summed E-state index contributed by atoms with van der Waals surface area (Å²) < 4.78 is 24.4. The zero-order chi connectivity index (χ0) is 14.8. The average Bonchev–Trinajstić information content (AvgIpc) is 2.25. The molecule has 0 amide bonds. The minimum atomic E-state index is -3.77. The minimum absolute atomic E-state index is 0.0261. The highest BCUT2D eigenvalue weighted by Gasteiger charge is 2.26. The molecule has 1 aromatic heterocycles. The van der Waals surface area contributed by atoms with Crippen LogP contribution in [0.15, 0.2) is 14.6 Å². The van der Waals surface area contributed by atoms with Gasteiger partial charge in [-0.3, -0.25) is 9.78 Å². The van der Waals surface area contributed by atoms with E-state index in [1.165, 1.54) is 0 Å². The van der Waals surface area contributed by atoms with Gasteiger partial charge in [0, 0.05) is 6.26 Å². The third kappa shape index (κ3) is 3.25. The second kappa shape index (κ2) is 5.60. The van der Waals surface area contributed by atoms with Crippen LogP contribution in [0, 0.1) is 0 Å². The summed E-state index contributed by atoms with van der Waals surface area (Å²) in [7, 11) is -3.77. The van der Waals surface area contributed by atoms with E-state index in [9.17, 15) is 18.0 Å². The van der Waals surface area contributed by atoms with Crippen molar-refractivity contribution < 1.29 is 13.3 Å². The Kier molecular flexibility index (Phi) is 4.56. The number of H-pyrrole nitrogens is 1. The summed E-state index contributed by atoms with van der Waals surface area (Å²) in [5, 5.41) is -0.371. The van der Waals surface area contributed by atoms with E-state index >= 15 is 0 Å². The molecule has 1 N–H and O–H groups in total. The maximum absolute atomic E-state index is 11.9. The lowest BCUT2D eigenvalue weighted by atomic mass is 10.1. The Hall–Kier alpha value is -1.57. The van der Waals surface area contributed by atoms with E-state index in [-0.39, 0.29) is 23.1 Å². The molecule has 0 saturated heterocycles. The van der Waals surface area contributed by atoms with Crippen molar-refractivity contribution in [1.82, 2.24) is 9.71 Å². The van der Waals surface area contributed by atoms with Crippen LogP contribution in [0.1, 0.15) is 38.7 Å². The molecule has 8 heteroatoms. The zero-order valence-corrected chi connectivity index (χ0v) is 12.2. The van der Waals surface area contributed by atoms with E-state index in [2.05, 4.69) is 4.98 Å².